The van der Waals surface area contributed by atoms with Crippen LogP contribution >= 0.6 is 0 Å². The van der Waals surface area contributed by atoms with Gasteiger partial charge in [-0.2, -0.15) is 11.1 Å². The maximum atomic E-state index is 3.19. The minimum atomic E-state index is 0. The molecular formula is C16H25Cl2GeZr. The third-order valence-electron chi connectivity index (χ3n) is 2.22. The topological polar surface area (TPSA) is 0 Å². The second-order valence-electron chi connectivity index (χ2n) is 4.63. The van der Waals surface area contributed by atoms with Crippen LogP contribution in [0.25, 0.3) is 0 Å². The summed E-state index contributed by atoms with van der Waals surface area (Å²) in [6.45, 7) is 8.42. The molecule has 0 bridgehead atoms. The Balaban J connectivity index is -0.0000000956. The fourth-order valence-corrected chi connectivity index (χ4v) is 1.50. The number of rotatable bonds is 0. The molecule has 0 spiro atoms. The first-order valence-electron chi connectivity index (χ1n) is 6.22. The molecular weight excluding hydrogens is 427 g/mol. The number of halogens is 2. The van der Waals surface area contributed by atoms with Gasteiger partial charge in [0.1, 0.15) is 0 Å². The molecule has 20 heavy (non-hydrogen) atoms. The molecule has 0 aromatic heterocycles. The fourth-order valence-electron chi connectivity index (χ4n) is 1.50. The van der Waals surface area contributed by atoms with Crippen LogP contribution in [-0.2, 0) is 26.2 Å². The molecule has 0 heterocycles. The Morgan fingerprint density at radius 2 is 1.05 bits per heavy atom. The number of hydrogen-bond donors (Lipinski definition) is 0. The van der Waals surface area contributed by atoms with Gasteiger partial charge < -0.3 is 24.8 Å². The van der Waals surface area contributed by atoms with Crippen molar-refractivity contribution in [3.05, 3.63) is 46.6 Å². The number of hydrogen-bond acceptors (Lipinski definition) is 0. The minimum Gasteiger partial charge on any atom is -1.00 e. The van der Waals surface area contributed by atoms with Gasteiger partial charge in [-0.25, -0.2) is 23.3 Å². The molecule has 2 rings (SSSR count). The molecule has 0 N–H and O–H groups in total. The van der Waals surface area contributed by atoms with Crippen molar-refractivity contribution in [3.63, 3.8) is 0 Å². The molecule has 0 aromatic rings. The van der Waals surface area contributed by atoms with Crippen LogP contribution in [-0.4, -0.2) is 15.4 Å². The molecule has 0 aliphatic heterocycles. The van der Waals surface area contributed by atoms with Gasteiger partial charge in [0.15, 0.2) is 0 Å². The first-order valence-corrected chi connectivity index (χ1v) is 11.1. The first-order chi connectivity index (χ1) is 7.99. The normalized spacial score (nSPS) is 14.3. The smallest absolute Gasteiger partial charge is 1.00 e. The SMILES string of the molecule is CC1=[C-]CC(C)=C1.CC1=[C-]CC(C)=C1.[CH3][GeH][CH3].[Cl-].[Cl-].[Zr+4]. The van der Waals surface area contributed by atoms with E-state index < -0.39 is 0 Å². The van der Waals surface area contributed by atoms with Gasteiger partial charge in [-0.15, -0.1) is 12.8 Å². The van der Waals surface area contributed by atoms with E-state index >= 15 is 0 Å². The maximum Gasteiger partial charge on any atom is 4.00 e. The summed E-state index contributed by atoms with van der Waals surface area (Å²) in [5, 5.41) is 0. The van der Waals surface area contributed by atoms with E-state index in [2.05, 4.69) is 63.5 Å². The van der Waals surface area contributed by atoms with Gasteiger partial charge in [0, 0.05) is 0 Å². The Labute approximate surface area is 164 Å². The molecule has 0 saturated heterocycles. The molecule has 111 valence electrons. The van der Waals surface area contributed by atoms with Crippen molar-refractivity contribution < 1.29 is 51.0 Å². The van der Waals surface area contributed by atoms with Gasteiger partial charge in [0.25, 0.3) is 0 Å². The summed E-state index contributed by atoms with van der Waals surface area (Å²) < 4.78 is 0. The predicted octanol–water partition coefficient (Wildman–Crippen LogP) is -1.30. The van der Waals surface area contributed by atoms with E-state index in [0.29, 0.717) is 15.4 Å². The van der Waals surface area contributed by atoms with Crippen molar-refractivity contribution in [2.75, 3.05) is 0 Å². The monoisotopic (exact) mass is 451 g/mol. The van der Waals surface area contributed by atoms with E-state index in [1.54, 1.807) is 0 Å². The maximum absolute atomic E-state index is 3.19. The molecule has 4 heteroatoms. The molecule has 0 saturated carbocycles. The Morgan fingerprint density at radius 1 is 0.800 bits per heavy atom. The zero-order chi connectivity index (χ0) is 13.3. The summed E-state index contributed by atoms with van der Waals surface area (Å²) in [5.41, 5.74) is 5.44. The van der Waals surface area contributed by atoms with Crippen LogP contribution in [0.4, 0.5) is 0 Å². The summed E-state index contributed by atoms with van der Waals surface area (Å²) in [4.78, 5) is 0. The second kappa shape index (κ2) is 18.0. The van der Waals surface area contributed by atoms with Crippen molar-refractivity contribution in [2.45, 2.75) is 52.0 Å². The van der Waals surface area contributed by atoms with Gasteiger partial charge in [-0.3, -0.25) is 12.2 Å². The van der Waals surface area contributed by atoms with E-state index in [4.69, 9.17) is 0 Å². The molecule has 2 aliphatic carbocycles. The van der Waals surface area contributed by atoms with Gasteiger partial charge >= 0.3 is 53.1 Å². The van der Waals surface area contributed by atoms with E-state index in [-0.39, 0.29) is 51.0 Å². The van der Waals surface area contributed by atoms with Crippen molar-refractivity contribution in [1.29, 1.82) is 0 Å². The summed E-state index contributed by atoms with van der Waals surface area (Å²) in [6, 6.07) is 0. The van der Waals surface area contributed by atoms with Crippen molar-refractivity contribution in [2.24, 2.45) is 0 Å². The Morgan fingerprint density at radius 3 is 1.10 bits per heavy atom. The Kier molecular flexibility index (Phi) is 26.2. The van der Waals surface area contributed by atoms with E-state index in [0.717, 1.165) is 12.8 Å². The van der Waals surface area contributed by atoms with Crippen LogP contribution < -0.4 is 24.8 Å². The van der Waals surface area contributed by atoms with Crippen LogP contribution in [0.2, 0.25) is 11.5 Å². The molecule has 1 radical (unpaired) electrons. The minimum absolute atomic E-state index is 0. The van der Waals surface area contributed by atoms with Crippen LogP contribution in [0, 0.1) is 12.2 Å². The third kappa shape index (κ3) is 17.0. The Hall–Kier alpha value is 0.966. The molecule has 0 aromatic carbocycles. The van der Waals surface area contributed by atoms with Crippen LogP contribution in [0.5, 0.6) is 0 Å². The average Bonchev–Trinajstić information content (AvgIpc) is 2.78. The zero-order valence-electron chi connectivity index (χ0n) is 13.4. The molecule has 0 unspecified atom stereocenters. The average molecular weight is 452 g/mol. The zero-order valence-corrected chi connectivity index (χ0v) is 19.8. The van der Waals surface area contributed by atoms with E-state index in [9.17, 15) is 0 Å². The largest absolute Gasteiger partial charge is 4.00 e. The van der Waals surface area contributed by atoms with Gasteiger partial charge in [-0.05, 0) is 0 Å². The van der Waals surface area contributed by atoms with Crippen LogP contribution in [0.3, 0.4) is 0 Å². The first kappa shape index (κ1) is 29.0. The standard InChI is InChI=1S/2C7H9.C2H7Ge.2ClH.Zr/c2*1-6-3-4-7(2)5-6;1-3-2;;;/h2*5H,3H2,1-2H3;3H,1-2H3;2*1H;/q2*-1;;;;+4/p-2. The van der Waals surface area contributed by atoms with Gasteiger partial charge in [0.2, 0.25) is 0 Å². The van der Waals surface area contributed by atoms with E-state index in [1.165, 1.54) is 22.3 Å². The molecule has 2 aliphatic rings. The van der Waals surface area contributed by atoms with Gasteiger partial charge in [-0.1, -0.05) is 27.7 Å². The summed E-state index contributed by atoms with van der Waals surface area (Å²) in [5.74, 6) is 4.56. The van der Waals surface area contributed by atoms with Crippen LogP contribution in [0.1, 0.15) is 40.5 Å². The van der Waals surface area contributed by atoms with E-state index in [1.807, 2.05) is 0 Å². The van der Waals surface area contributed by atoms with Gasteiger partial charge in [0.05, 0.1) is 0 Å². The summed E-state index contributed by atoms with van der Waals surface area (Å²) >= 11 is 0.312. The molecule has 0 atom stereocenters. The van der Waals surface area contributed by atoms with Crippen molar-refractivity contribution >= 4 is 15.4 Å². The summed E-state index contributed by atoms with van der Waals surface area (Å²) in [7, 11) is 0. The molecule has 0 fully saturated rings. The number of allylic oxidation sites excluding steroid dienone is 8. The Bertz CT molecular complexity index is 321. The van der Waals surface area contributed by atoms with Crippen LogP contribution in [0.15, 0.2) is 34.4 Å². The fraction of sp³-hybridized carbons (Fsp3) is 0.500. The predicted molar refractivity (Wildman–Crippen MR) is 80.5 cm³/mol. The quantitative estimate of drug-likeness (QED) is 0.317. The molecule has 0 nitrogen and oxygen atoms in total. The third-order valence-corrected chi connectivity index (χ3v) is 2.22. The van der Waals surface area contributed by atoms with Crippen molar-refractivity contribution in [3.8, 4) is 0 Å². The second-order valence-corrected chi connectivity index (χ2v) is 7.05. The van der Waals surface area contributed by atoms with Crippen molar-refractivity contribution in [1.82, 2.24) is 0 Å². The summed E-state index contributed by atoms with van der Waals surface area (Å²) in [6.07, 6.45) is 12.8. The molecule has 0 amide bonds.